The molecule has 1 aromatic carbocycles. The van der Waals surface area contributed by atoms with Crippen molar-refractivity contribution >= 4 is 5.91 Å². The lowest BCUT2D eigenvalue weighted by atomic mass is 9.90. The van der Waals surface area contributed by atoms with Crippen molar-refractivity contribution in [1.82, 2.24) is 10.2 Å². The minimum absolute atomic E-state index is 0.168. The number of ether oxygens (including phenoxy) is 1. The highest BCUT2D eigenvalue weighted by Gasteiger charge is 2.32. The number of aliphatic hydroxyl groups is 1. The molecule has 2 fully saturated rings. The zero-order chi connectivity index (χ0) is 17.6. The molecule has 5 heteroatoms. The van der Waals surface area contributed by atoms with Gasteiger partial charge in [0.05, 0.1) is 18.8 Å². The van der Waals surface area contributed by atoms with E-state index in [9.17, 15) is 9.90 Å². The van der Waals surface area contributed by atoms with Crippen LogP contribution in [0.1, 0.15) is 38.2 Å². The predicted octanol–water partition coefficient (Wildman–Crippen LogP) is 1.98. The number of hydrogen-bond donors (Lipinski definition) is 2. The Labute approximate surface area is 150 Å². The van der Waals surface area contributed by atoms with Crippen LogP contribution in [0.5, 0.6) is 5.75 Å². The Morgan fingerprint density at radius 1 is 1.28 bits per heavy atom. The summed E-state index contributed by atoms with van der Waals surface area (Å²) in [6.45, 7) is 4.93. The van der Waals surface area contributed by atoms with Gasteiger partial charge in [-0.05, 0) is 62.6 Å². The maximum Gasteiger partial charge on any atom is 0.239 e. The van der Waals surface area contributed by atoms with E-state index >= 15 is 0 Å². The number of nitrogens with one attached hydrogen (secondary N) is 1. The number of rotatable bonds is 6. The number of benzene rings is 1. The molecule has 3 rings (SSSR count). The quantitative estimate of drug-likeness (QED) is 0.827. The average Bonchev–Trinajstić information content (AvgIpc) is 3.08. The van der Waals surface area contributed by atoms with Crippen molar-refractivity contribution in [3.05, 3.63) is 29.8 Å². The van der Waals surface area contributed by atoms with Crippen LogP contribution in [-0.4, -0.2) is 54.3 Å². The first kappa shape index (κ1) is 18.2. The molecule has 0 spiro atoms. The topological polar surface area (TPSA) is 61.8 Å². The van der Waals surface area contributed by atoms with E-state index in [2.05, 4.69) is 17.4 Å². The maximum absolute atomic E-state index is 12.5. The number of carbonyl (C=O) groups excluding carboxylic acids is 1. The Bertz CT molecular complexity index is 553. The summed E-state index contributed by atoms with van der Waals surface area (Å²) in [6.07, 6.45) is 4.60. The molecule has 25 heavy (non-hydrogen) atoms. The lowest BCUT2D eigenvalue weighted by molar-refractivity contribution is -0.134. The number of aliphatic hydroxyl groups excluding tert-OH is 1. The normalized spacial score (nSPS) is 24.5. The van der Waals surface area contributed by atoms with Crippen LogP contribution in [0.4, 0.5) is 0 Å². The van der Waals surface area contributed by atoms with Gasteiger partial charge in [-0.15, -0.1) is 0 Å². The van der Waals surface area contributed by atoms with E-state index in [0.717, 1.165) is 38.1 Å². The minimum atomic E-state index is -0.374. The zero-order valence-electron chi connectivity index (χ0n) is 15.1. The molecule has 138 valence electrons. The summed E-state index contributed by atoms with van der Waals surface area (Å²) in [6, 6.07) is 8.21. The lowest BCUT2D eigenvalue weighted by Gasteiger charge is -2.33. The molecular formula is C20H30N2O3. The molecule has 2 aliphatic heterocycles. The highest BCUT2D eigenvalue weighted by molar-refractivity contribution is 5.82. The fourth-order valence-corrected chi connectivity index (χ4v) is 3.86. The number of β-amino-alcohol motifs (C(OH)–C–C–N with tert-alkyl or cyclic N) is 1. The molecule has 5 nitrogen and oxygen atoms in total. The van der Waals surface area contributed by atoms with Crippen molar-refractivity contribution < 1.29 is 14.6 Å². The molecular weight excluding hydrogens is 316 g/mol. The summed E-state index contributed by atoms with van der Waals surface area (Å²) in [4.78, 5) is 14.4. The number of nitrogens with zero attached hydrogens (tertiary/aromatic N) is 1. The van der Waals surface area contributed by atoms with Gasteiger partial charge in [0.25, 0.3) is 0 Å². The molecule has 1 aromatic rings. The predicted molar refractivity (Wildman–Crippen MR) is 97.7 cm³/mol. The summed E-state index contributed by atoms with van der Waals surface area (Å²) in [5, 5.41) is 12.7. The maximum atomic E-state index is 12.5. The van der Waals surface area contributed by atoms with Crippen LogP contribution in [0.3, 0.4) is 0 Å². The van der Waals surface area contributed by atoms with Gasteiger partial charge in [0, 0.05) is 19.6 Å². The molecule has 0 unspecified atom stereocenters. The molecule has 0 bridgehead atoms. The monoisotopic (exact) mass is 346 g/mol. The van der Waals surface area contributed by atoms with E-state index in [1.54, 1.807) is 0 Å². The zero-order valence-corrected chi connectivity index (χ0v) is 15.1. The second kappa shape index (κ2) is 8.68. The van der Waals surface area contributed by atoms with Gasteiger partial charge in [-0.2, -0.15) is 0 Å². The summed E-state index contributed by atoms with van der Waals surface area (Å²) in [5.74, 6) is 1.79. The standard InChI is InChI=1S/C20H30N2O3/c1-2-25-18-7-5-15(6-8-18)3-4-16-9-11-22(12-10-16)20(24)19-13-17(23)14-21-19/h5-8,16-17,19,21,23H,2-4,9-14H2,1H3/t17-,19+/m1/s1. The van der Waals surface area contributed by atoms with E-state index in [4.69, 9.17) is 4.74 Å². The van der Waals surface area contributed by atoms with Gasteiger partial charge in [0.2, 0.25) is 5.91 Å². The molecule has 2 heterocycles. The summed E-state index contributed by atoms with van der Waals surface area (Å²) in [7, 11) is 0. The van der Waals surface area contributed by atoms with E-state index in [0.29, 0.717) is 25.5 Å². The van der Waals surface area contributed by atoms with Crippen LogP contribution in [-0.2, 0) is 11.2 Å². The third-order valence-corrected chi connectivity index (χ3v) is 5.41. The van der Waals surface area contributed by atoms with Crippen LogP contribution in [0.2, 0.25) is 0 Å². The second-order valence-corrected chi connectivity index (χ2v) is 7.23. The number of aryl methyl sites for hydroxylation is 1. The lowest BCUT2D eigenvalue weighted by Crippen LogP contribution is -2.47. The van der Waals surface area contributed by atoms with Crippen LogP contribution in [0.15, 0.2) is 24.3 Å². The van der Waals surface area contributed by atoms with Gasteiger partial charge < -0.3 is 20.1 Å². The molecule has 2 N–H and O–H groups in total. The number of hydrogen-bond acceptors (Lipinski definition) is 4. The van der Waals surface area contributed by atoms with Gasteiger partial charge in [-0.25, -0.2) is 0 Å². The number of carbonyl (C=O) groups is 1. The molecule has 1 amide bonds. The fraction of sp³-hybridized carbons (Fsp3) is 0.650. The van der Waals surface area contributed by atoms with Crippen molar-refractivity contribution in [2.24, 2.45) is 5.92 Å². The summed E-state index contributed by atoms with van der Waals surface area (Å²) < 4.78 is 5.48. The van der Waals surface area contributed by atoms with Crippen molar-refractivity contribution in [1.29, 1.82) is 0 Å². The van der Waals surface area contributed by atoms with E-state index in [1.165, 1.54) is 12.0 Å². The first-order valence-corrected chi connectivity index (χ1v) is 9.57. The van der Waals surface area contributed by atoms with Crippen molar-refractivity contribution in [3.8, 4) is 5.75 Å². The molecule has 0 aliphatic carbocycles. The molecule has 0 radical (unpaired) electrons. The Hall–Kier alpha value is -1.59. The highest BCUT2D eigenvalue weighted by atomic mass is 16.5. The first-order valence-electron chi connectivity index (χ1n) is 9.57. The summed E-state index contributed by atoms with van der Waals surface area (Å²) >= 11 is 0. The van der Waals surface area contributed by atoms with Crippen LogP contribution >= 0.6 is 0 Å². The van der Waals surface area contributed by atoms with E-state index < -0.39 is 0 Å². The van der Waals surface area contributed by atoms with Crippen LogP contribution < -0.4 is 10.1 Å². The second-order valence-electron chi connectivity index (χ2n) is 7.23. The molecule has 2 atom stereocenters. The Morgan fingerprint density at radius 3 is 2.60 bits per heavy atom. The number of amides is 1. The van der Waals surface area contributed by atoms with Gasteiger partial charge in [-0.3, -0.25) is 4.79 Å². The molecule has 0 aromatic heterocycles. The Balaban J connectivity index is 1.39. The SMILES string of the molecule is CCOc1ccc(CCC2CCN(C(=O)[C@@H]3C[C@@H](O)CN3)CC2)cc1. The van der Waals surface area contributed by atoms with Crippen LogP contribution in [0, 0.1) is 5.92 Å². The fourth-order valence-electron chi connectivity index (χ4n) is 3.86. The first-order chi connectivity index (χ1) is 12.2. The van der Waals surface area contributed by atoms with Crippen molar-refractivity contribution in [2.45, 2.75) is 51.2 Å². The largest absolute Gasteiger partial charge is 0.494 e. The Kier molecular flexibility index (Phi) is 6.32. The van der Waals surface area contributed by atoms with E-state index in [-0.39, 0.29) is 18.1 Å². The van der Waals surface area contributed by atoms with Crippen molar-refractivity contribution in [2.75, 3.05) is 26.2 Å². The Morgan fingerprint density at radius 2 is 2.00 bits per heavy atom. The van der Waals surface area contributed by atoms with Gasteiger partial charge in [0.15, 0.2) is 0 Å². The van der Waals surface area contributed by atoms with Crippen LogP contribution in [0.25, 0.3) is 0 Å². The van der Waals surface area contributed by atoms with Gasteiger partial charge in [-0.1, -0.05) is 12.1 Å². The average molecular weight is 346 g/mol. The number of piperidine rings is 1. The smallest absolute Gasteiger partial charge is 0.239 e. The molecule has 0 saturated carbocycles. The number of likely N-dealkylation sites (tertiary alicyclic amines) is 1. The third-order valence-electron chi connectivity index (χ3n) is 5.41. The van der Waals surface area contributed by atoms with Gasteiger partial charge in [0.1, 0.15) is 5.75 Å². The van der Waals surface area contributed by atoms with E-state index in [1.807, 2.05) is 24.0 Å². The summed E-state index contributed by atoms with van der Waals surface area (Å²) in [5.41, 5.74) is 1.35. The molecule has 2 saturated heterocycles. The minimum Gasteiger partial charge on any atom is -0.494 e. The highest BCUT2D eigenvalue weighted by Crippen LogP contribution is 2.24. The van der Waals surface area contributed by atoms with Crippen molar-refractivity contribution in [3.63, 3.8) is 0 Å². The molecule has 2 aliphatic rings. The van der Waals surface area contributed by atoms with Gasteiger partial charge >= 0.3 is 0 Å². The third kappa shape index (κ3) is 4.95.